The van der Waals surface area contributed by atoms with Crippen LogP contribution in [0.1, 0.15) is 34.3 Å². The van der Waals surface area contributed by atoms with Crippen molar-refractivity contribution in [3.05, 3.63) is 73.4 Å². The van der Waals surface area contributed by atoms with Gasteiger partial charge in [0, 0.05) is 4.47 Å². The Labute approximate surface area is 177 Å². The Balaban J connectivity index is 2.37. The molecule has 0 radical (unpaired) electrons. The zero-order chi connectivity index (χ0) is 21.1. The molecule has 2 aromatic carbocycles. The molecule has 1 atom stereocenters. The minimum Gasteiger partial charge on any atom is -0.462 e. The number of benzene rings is 2. The van der Waals surface area contributed by atoms with Gasteiger partial charge in [-0.15, -0.1) is 0 Å². The van der Waals surface area contributed by atoms with Crippen LogP contribution in [0.4, 0.5) is 17.6 Å². The van der Waals surface area contributed by atoms with Gasteiger partial charge in [-0.1, -0.05) is 41.4 Å². The summed E-state index contributed by atoms with van der Waals surface area (Å²) in [5, 5.41) is -0.988. The van der Waals surface area contributed by atoms with Gasteiger partial charge in [0.15, 0.2) is 5.82 Å². The summed E-state index contributed by atoms with van der Waals surface area (Å²) in [6, 6.07) is 6.19. The molecule has 0 saturated heterocycles. The second kappa shape index (κ2) is 9.29. The summed E-state index contributed by atoms with van der Waals surface area (Å²) < 4.78 is 59.3. The number of allylic oxidation sites excluding steroid dienone is 1. The van der Waals surface area contributed by atoms with E-state index in [1.54, 1.807) is 6.92 Å². The fourth-order valence-electron chi connectivity index (χ4n) is 2.38. The largest absolute Gasteiger partial charge is 0.462 e. The molecular weight excluding hydrogens is 487 g/mol. The molecule has 28 heavy (non-hydrogen) atoms. The van der Waals surface area contributed by atoms with Crippen LogP contribution in [0.15, 0.2) is 40.9 Å². The first kappa shape index (κ1) is 22.7. The second-order valence-electron chi connectivity index (χ2n) is 5.64. The Morgan fingerprint density at radius 3 is 2.32 bits per heavy atom. The van der Waals surface area contributed by atoms with Gasteiger partial charge in [0.2, 0.25) is 0 Å². The number of halogens is 7. The van der Waals surface area contributed by atoms with Crippen LogP contribution in [-0.4, -0.2) is 18.8 Å². The van der Waals surface area contributed by atoms with Gasteiger partial charge in [0.1, 0.15) is 0 Å². The predicted molar refractivity (Wildman–Crippen MR) is 104 cm³/mol. The Bertz CT molecular complexity index is 890. The van der Waals surface area contributed by atoms with Crippen LogP contribution in [0.5, 0.6) is 0 Å². The van der Waals surface area contributed by atoms with E-state index >= 15 is 0 Å². The van der Waals surface area contributed by atoms with Gasteiger partial charge in [0.25, 0.3) is 0 Å². The fraction of sp³-hybridized carbons (Fsp3) is 0.211. The van der Waals surface area contributed by atoms with E-state index < -0.39 is 33.9 Å². The zero-order valence-corrected chi connectivity index (χ0v) is 17.4. The number of ether oxygens (including phenoxy) is 1. The molecule has 0 aliphatic rings. The first-order valence-electron chi connectivity index (χ1n) is 7.90. The van der Waals surface area contributed by atoms with Crippen LogP contribution in [0.25, 0.3) is 6.08 Å². The van der Waals surface area contributed by atoms with Crippen LogP contribution in [0.2, 0.25) is 10.0 Å². The van der Waals surface area contributed by atoms with Crippen molar-refractivity contribution in [2.24, 2.45) is 0 Å². The highest BCUT2D eigenvalue weighted by Crippen LogP contribution is 2.39. The smallest absolute Gasteiger partial charge is 0.399 e. The standard InChI is InChI=1S/C19H13BrCl2F4O2/c1-2-28-18(27)12-5-3-10(7-14(12)20)4-6-13(19(24,25)26)11-8-15(21)17(23)16(22)9-11/h3-9,13H,2H2,1H3. The van der Waals surface area contributed by atoms with Crippen LogP contribution < -0.4 is 0 Å². The predicted octanol–water partition coefficient (Wildman–Crippen LogP) is 7.43. The first-order chi connectivity index (χ1) is 13.0. The lowest BCUT2D eigenvalue weighted by Gasteiger charge is -2.18. The van der Waals surface area contributed by atoms with Gasteiger partial charge in [0.05, 0.1) is 28.1 Å². The van der Waals surface area contributed by atoms with E-state index in [2.05, 4.69) is 15.9 Å². The van der Waals surface area contributed by atoms with Gasteiger partial charge < -0.3 is 4.74 Å². The molecule has 0 aromatic heterocycles. The van der Waals surface area contributed by atoms with Gasteiger partial charge in [-0.05, 0) is 58.2 Å². The molecule has 0 aliphatic heterocycles. The molecule has 2 rings (SSSR count). The minimum atomic E-state index is -4.65. The second-order valence-corrected chi connectivity index (χ2v) is 7.31. The van der Waals surface area contributed by atoms with Crippen molar-refractivity contribution in [3.63, 3.8) is 0 Å². The highest BCUT2D eigenvalue weighted by Gasteiger charge is 2.39. The highest BCUT2D eigenvalue weighted by atomic mass is 79.9. The number of rotatable bonds is 5. The number of carbonyl (C=O) groups excluding carboxylic acids is 1. The van der Waals surface area contributed by atoms with Crippen molar-refractivity contribution in [2.75, 3.05) is 6.61 Å². The lowest BCUT2D eigenvalue weighted by molar-refractivity contribution is -0.139. The fourth-order valence-corrected chi connectivity index (χ4v) is 3.44. The van der Waals surface area contributed by atoms with E-state index in [-0.39, 0.29) is 17.7 Å². The molecule has 1 unspecified atom stereocenters. The molecule has 0 saturated carbocycles. The SMILES string of the molecule is CCOC(=O)c1ccc(C=CC(c2cc(Cl)c(F)c(Cl)c2)C(F)(F)F)cc1Br. The maximum absolute atomic E-state index is 13.5. The molecule has 0 fully saturated rings. The average Bonchev–Trinajstić information content (AvgIpc) is 2.58. The Kier molecular flexibility index (Phi) is 7.53. The van der Waals surface area contributed by atoms with Gasteiger partial charge in [-0.2, -0.15) is 13.2 Å². The summed E-state index contributed by atoms with van der Waals surface area (Å²) in [5.41, 5.74) is 0.374. The van der Waals surface area contributed by atoms with Crippen LogP contribution in [0, 0.1) is 5.82 Å². The van der Waals surface area contributed by atoms with E-state index in [1.807, 2.05) is 0 Å². The van der Waals surface area contributed by atoms with Crippen molar-refractivity contribution in [1.29, 1.82) is 0 Å². The monoisotopic (exact) mass is 498 g/mol. The van der Waals surface area contributed by atoms with Crippen molar-refractivity contribution in [1.82, 2.24) is 0 Å². The van der Waals surface area contributed by atoms with Crippen molar-refractivity contribution in [3.8, 4) is 0 Å². The van der Waals surface area contributed by atoms with E-state index in [9.17, 15) is 22.4 Å². The van der Waals surface area contributed by atoms with E-state index in [0.29, 0.717) is 10.0 Å². The van der Waals surface area contributed by atoms with Crippen molar-refractivity contribution < 1.29 is 27.1 Å². The molecule has 9 heteroatoms. The summed E-state index contributed by atoms with van der Waals surface area (Å²) in [4.78, 5) is 11.8. The van der Waals surface area contributed by atoms with Crippen LogP contribution in [-0.2, 0) is 4.74 Å². The maximum atomic E-state index is 13.5. The lowest BCUT2D eigenvalue weighted by Crippen LogP contribution is -2.19. The Morgan fingerprint density at radius 2 is 1.82 bits per heavy atom. The molecule has 0 heterocycles. The molecular formula is C19H13BrCl2F4O2. The normalized spacial score (nSPS) is 13.0. The molecule has 0 spiro atoms. The summed E-state index contributed by atoms with van der Waals surface area (Å²) in [7, 11) is 0. The summed E-state index contributed by atoms with van der Waals surface area (Å²) in [6.45, 7) is 1.86. The van der Waals surface area contributed by atoms with E-state index in [1.165, 1.54) is 24.3 Å². The Hall–Kier alpha value is -1.57. The maximum Gasteiger partial charge on any atom is 0.399 e. The molecule has 150 valence electrons. The van der Waals surface area contributed by atoms with Gasteiger partial charge >= 0.3 is 12.1 Å². The topological polar surface area (TPSA) is 26.3 Å². The number of hydrogen-bond acceptors (Lipinski definition) is 2. The first-order valence-corrected chi connectivity index (χ1v) is 9.45. The number of hydrogen-bond donors (Lipinski definition) is 0. The molecule has 0 amide bonds. The summed E-state index contributed by atoms with van der Waals surface area (Å²) >= 11 is 14.4. The van der Waals surface area contributed by atoms with Crippen LogP contribution in [0.3, 0.4) is 0 Å². The molecule has 2 aromatic rings. The molecule has 2 nitrogen and oxygen atoms in total. The average molecular weight is 500 g/mol. The zero-order valence-electron chi connectivity index (χ0n) is 14.3. The van der Waals surface area contributed by atoms with E-state index in [0.717, 1.165) is 18.2 Å². The third kappa shape index (κ3) is 5.49. The number of esters is 1. The van der Waals surface area contributed by atoms with Gasteiger partial charge in [-0.3, -0.25) is 0 Å². The molecule has 0 bridgehead atoms. The van der Waals surface area contributed by atoms with E-state index in [4.69, 9.17) is 27.9 Å². The number of carbonyl (C=O) groups is 1. The lowest BCUT2D eigenvalue weighted by atomic mass is 9.97. The third-order valence-electron chi connectivity index (χ3n) is 3.69. The quantitative estimate of drug-likeness (QED) is 0.243. The molecule has 0 N–H and O–H groups in total. The van der Waals surface area contributed by atoms with Crippen molar-refractivity contribution >= 4 is 51.2 Å². The summed E-state index contributed by atoms with van der Waals surface area (Å²) in [6.07, 6.45) is -2.50. The van der Waals surface area contributed by atoms with Gasteiger partial charge in [-0.25, -0.2) is 9.18 Å². The minimum absolute atomic E-state index is 0.197. The number of alkyl halides is 3. The third-order valence-corrected chi connectivity index (χ3v) is 4.89. The Morgan fingerprint density at radius 1 is 1.21 bits per heavy atom. The highest BCUT2D eigenvalue weighted by molar-refractivity contribution is 9.10. The van der Waals surface area contributed by atoms with Crippen LogP contribution >= 0.6 is 39.1 Å². The summed E-state index contributed by atoms with van der Waals surface area (Å²) in [5.74, 6) is -3.57. The van der Waals surface area contributed by atoms with Crippen molar-refractivity contribution in [2.45, 2.75) is 19.0 Å². The molecule has 0 aliphatic carbocycles.